The quantitative estimate of drug-likeness (QED) is 0.121. The van der Waals surface area contributed by atoms with E-state index in [0.717, 1.165) is 0 Å². The first-order chi connectivity index (χ1) is 17.5. The van der Waals surface area contributed by atoms with Crippen LogP contribution in [0.5, 0.6) is 0 Å². The molecule has 2 saturated heterocycles. The number of aliphatic hydroxyl groups excluding tert-OH is 5. The number of alkyl halides is 2. The highest BCUT2D eigenvalue weighted by Crippen LogP contribution is 2.28. The first-order valence-electron chi connectivity index (χ1n) is 10.5. The van der Waals surface area contributed by atoms with Gasteiger partial charge in [0.15, 0.2) is 37.1 Å². The number of hydrogen-bond acceptors (Lipinski definition) is 16. The number of ether oxygens (including phenoxy) is 7. The van der Waals surface area contributed by atoms with Crippen LogP contribution in [0.15, 0.2) is 0 Å². The maximum atomic E-state index is 13.8. The third-order valence-electron chi connectivity index (χ3n) is 4.62. The van der Waals surface area contributed by atoms with Crippen molar-refractivity contribution in [3.8, 4) is 0 Å². The molecule has 0 radical (unpaired) electrons. The maximum Gasteiger partial charge on any atom is 0.332 e. The average molecular weight is 550 g/mol. The van der Waals surface area contributed by atoms with Gasteiger partial charge in [-0.05, 0) is 0 Å². The van der Waals surface area contributed by atoms with Gasteiger partial charge in [0.2, 0.25) is 0 Å². The minimum absolute atomic E-state index is 0.414. The van der Waals surface area contributed by atoms with E-state index in [0.29, 0.717) is 0 Å². The number of halogens is 2. The minimum atomic E-state index is -2.02. The third-order valence-corrected chi connectivity index (χ3v) is 4.62. The Morgan fingerprint density at radius 1 is 0.703 bits per heavy atom. The van der Waals surface area contributed by atoms with Crippen LogP contribution in [0.4, 0.5) is 8.78 Å². The van der Waals surface area contributed by atoms with E-state index in [1.54, 1.807) is 0 Å². The first kappa shape index (κ1) is 32.4. The van der Waals surface area contributed by atoms with Crippen LogP contribution in [0.2, 0.25) is 0 Å². The molecule has 0 amide bonds. The van der Waals surface area contributed by atoms with E-state index >= 15 is 0 Å². The van der Waals surface area contributed by atoms with Gasteiger partial charge >= 0.3 is 23.9 Å². The molecule has 2 rings (SSSR count). The molecule has 2 fully saturated rings. The highest BCUT2D eigenvalue weighted by molar-refractivity contribution is 5.71. The van der Waals surface area contributed by atoms with Gasteiger partial charge in [0, 0.05) is 7.11 Å². The predicted octanol–water partition coefficient (Wildman–Crippen LogP) is -4.38. The van der Waals surface area contributed by atoms with Gasteiger partial charge < -0.3 is 58.7 Å². The van der Waals surface area contributed by atoms with Crippen molar-refractivity contribution in [3.63, 3.8) is 0 Å². The molecule has 2 unspecified atom stereocenters. The molecule has 37 heavy (non-hydrogen) atoms. The number of carbonyl (C=O) groups excluding carboxylic acids is 4. The summed E-state index contributed by atoms with van der Waals surface area (Å²) >= 11 is 0. The molecule has 2 heterocycles. The SMILES string of the molecule is COC1O[C@H](COC(=O)CO)[C@@H](OC(=O)CO)[C@@H]1F.O=C(CO)OC[C@H]1OC(O)[C@@H](F)[C@@H]1OC(=O)CO. The van der Waals surface area contributed by atoms with Crippen LogP contribution in [0.1, 0.15) is 0 Å². The molecule has 214 valence electrons. The van der Waals surface area contributed by atoms with Crippen molar-refractivity contribution in [2.45, 2.75) is 49.3 Å². The zero-order valence-electron chi connectivity index (χ0n) is 19.3. The summed E-state index contributed by atoms with van der Waals surface area (Å²) in [6.45, 7) is -4.48. The van der Waals surface area contributed by atoms with E-state index in [1.165, 1.54) is 7.11 Å². The van der Waals surface area contributed by atoms with Crippen LogP contribution in [0, 0.1) is 0 Å². The normalized spacial score (nSPS) is 30.6. The Hall–Kier alpha value is -2.58. The Morgan fingerprint density at radius 3 is 1.51 bits per heavy atom. The van der Waals surface area contributed by atoms with Crippen molar-refractivity contribution >= 4 is 23.9 Å². The Morgan fingerprint density at radius 2 is 1.11 bits per heavy atom. The summed E-state index contributed by atoms with van der Waals surface area (Å²) in [5.74, 6) is -4.03. The van der Waals surface area contributed by atoms with E-state index in [1.807, 2.05) is 0 Å². The smallest absolute Gasteiger partial charge is 0.332 e. The summed E-state index contributed by atoms with van der Waals surface area (Å²) in [6.07, 6.45) is -12.0. The summed E-state index contributed by atoms with van der Waals surface area (Å²) in [4.78, 5) is 43.3. The number of hydrogen-bond donors (Lipinski definition) is 5. The second-order valence-corrected chi connectivity index (χ2v) is 7.14. The number of carbonyl (C=O) groups is 4. The summed E-state index contributed by atoms with van der Waals surface area (Å²) < 4.78 is 59.9. The van der Waals surface area contributed by atoms with Gasteiger partial charge in [0.1, 0.15) is 51.8 Å². The maximum absolute atomic E-state index is 13.8. The van der Waals surface area contributed by atoms with E-state index in [9.17, 15) is 28.0 Å². The molecule has 18 heteroatoms. The van der Waals surface area contributed by atoms with Crippen LogP contribution in [-0.2, 0) is 52.3 Å². The van der Waals surface area contributed by atoms with Crippen LogP contribution in [0.25, 0.3) is 0 Å². The van der Waals surface area contributed by atoms with Gasteiger partial charge in [0.05, 0.1) is 0 Å². The van der Waals surface area contributed by atoms with Crippen molar-refractivity contribution in [2.24, 2.45) is 0 Å². The zero-order valence-corrected chi connectivity index (χ0v) is 19.3. The summed E-state index contributed by atoms with van der Waals surface area (Å²) in [5, 5.41) is 43.0. The van der Waals surface area contributed by atoms with Crippen LogP contribution >= 0.6 is 0 Å². The highest BCUT2D eigenvalue weighted by Gasteiger charge is 2.49. The molecule has 2 aliphatic heterocycles. The van der Waals surface area contributed by atoms with Gasteiger partial charge in [0.25, 0.3) is 0 Å². The van der Waals surface area contributed by atoms with Crippen molar-refractivity contribution in [2.75, 3.05) is 46.8 Å². The molecule has 8 atom stereocenters. The molecule has 5 N–H and O–H groups in total. The zero-order chi connectivity index (χ0) is 28.1. The second kappa shape index (κ2) is 16.3. The molecule has 0 aromatic heterocycles. The number of aliphatic hydroxyl groups is 5. The first-order valence-corrected chi connectivity index (χ1v) is 10.5. The molecule has 0 aromatic rings. The standard InChI is InChI=1S/C10H15FO8.C9H13FO8/c1-16-10-8(11)9(19-7(15)3-13)5(18-10)4-17-6(14)2-12;10-7-8(18-6(14)2-12)4(17-9(7)15)3-16-5(13)1-11/h5,8-10,12-13H,2-4H2,1H3;4,7-9,11-12,15H,1-3H2/t5-,8+,9-,10?;4-,7+,8-,9?/m11/s1. The minimum Gasteiger partial charge on any atom is -0.461 e. The lowest BCUT2D eigenvalue weighted by Gasteiger charge is -2.18. The molecule has 0 saturated carbocycles. The highest BCUT2D eigenvalue weighted by atomic mass is 19.1. The van der Waals surface area contributed by atoms with Crippen molar-refractivity contribution in [1.82, 2.24) is 0 Å². The molecule has 0 bridgehead atoms. The van der Waals surface area contributed by atoms with Crippen molar-refractivity contribution in [3.05, 3.63) is 0 Å². The van der Waals surface area contributed by atoms with E-state index < -0.39 is 113 Å². The van der Waals surface area contributed by atoms with Crippen LogP contribution in [0.3, 0.4) is 0 Å². The summed E-state index contributed by atoms with van der Waals surface area (Å²) in [5.41, 5.74) is 0. The topological polar surface area (TPSA) is 234 Å². The van der Waals surface area contributed by atoms with Crippen molar-refractivity contribution < 1.29 is 86.6 Å². The average Bonchev–Trinajstić information content (AvgIpc) is 3.35. The Bertz CT molecular complexity index is 754. The third kappa shape index (κ3) is 10.0. The lowest BCUT2D eigenvalue weighted by molar-refractivity contribution is -0.167. The number of rotatable bonds is 11. The monoisotopic (exact) mass is 550 g/mol. The van der Waals surface area contributed by atoms with Gasteiger partial charge in [-0.15, -0.1) is 0 Å². The molecular weight excluding hydrogens is 522 g/mol. The van der Waals surface area contributed by atoms with Crippen LogP contribution < -0.4 is 0 Å². The fourth-order valence-electron chi connectivity index (χ4n) is 2.94. The molecule has 0 spiro atoms. The second-order valence-electron chi connectivity index (χ2n) is 7.14. The Labute approximate surface area is 207 Å². The van der Waals surface area contributed by atoms with Crippen molar-refractivity contribution in [1.29, 1.82) is 0 Å². The molecule has 0 aromatic carbocycles. The fourth-order valence-corrected chi connectivity index (χ4v) is 2.94. The Kier molecular flexibility index (Phi) is 14.3. The molecule has 0 aliphatic carbocycles. The summed E-state index contributed by atoms with van der Waals surface area (Å²) in [6, 6.07) is 0. The van der Waals surface area contributed by atoms with E-state index in [-0.39, 0.29) is 0 Å². The van der Waals surface area contributed by atoms with E-state index in [4.69, 9.17) is 35.0 Å². The molecule has 16 nitrogen and oxygen atoms in total. The summed E-state index contributed by atoms with van der Waals surface area (Å²) in [7, 11) is 1.20. The van der Waals surface area contributed by atoms with Gasteiger partial charge in [-0.3, -0.25) is 0 Å². The van der Waals surface area contributed by atoms with Gasteiger partial charge in [-0.25, -0.2) is 28.0 Å². The predicted molar refractivity (Wildman–Crippen MR) is 106 cm³/mol. The van der Waals surface area contributed by atoms with E-state index in [2.05, 4.69) is 23.7 Å². The largest absolute Gasteiger partial charge is 0.461 e. The molecule has 2 aliphatic rings. The molecular formula is C19H28F2O16. The number of methoxy groups -OCH3 is 1. The lowest BCUT2D eigenvalue weighted by atomic mass is 10.1. The van der Waals surface area contributed by atoms with Gasteiger partial charge in [-0.2, -0.15) is 0 Å². The fraction of sp³-hybridized carbons (Fsp3) is 0.789. The number of esters is 4. The lowest BCUT2D eigenvalue weighted by Crippen LogP contribution is -2.38. The Balaban J connectivity index is 0.000000371. The van der Waals surface area contributed by atoms with Crippen LogP contribution in [-0.4, -0.2) is 146 Å². The van der Waals surface area contributed by atoms with Gasteiger partial charge in [-0.1, -0.05) is 0 Å².